The number of benzene rings is 1. The molecule has 8 heteroatoms. The first-order valence-electron chi connectivity index (χ1n) is 9.34. The van der Waals surface area contributed by atoms with Crippen LogP contribution in [-0.2, 0) is 0 Å². The molecule has 0 aliphatic rings. The molecule has 0 fully saturated rings. The number of hydrogen-bond donors (Lipinski definition) is 0. The summed E-state index contributed by atoms with van der Waals surface area (Å²) in [6, 6.07) is 13.6. The highest BCUT2D eigenvalue weighted by Gasteiger charge is 2.18. The third kappa shape index (κ3) is 2.58. The van der Waals surface area contributed by atoms with Crippen LogP contribution >= 0.6 is 0 Å². The molecule has 1 aromatic carbocycles. The maximum absolute atomic E-state index is 5.77. The zero-order valence-corrected chi connectivity index (χ0v) is 15.9. The second-order valence-corrected chi connectivity index (χ2v) is 6.85. The van der Waals surface area contributed by atoms with E-state index in [1.165, 1.54) is 0 Å². The highest BCUT2D eigenvalue weighted by atomic mass is 16.5. The third-order valence-corrected chi connectivity index (χ3v) is 4.91. The van der Waals surface area contributed by atoms with Crippen LogP contribution in [0.1, 0.15) is 5.76 Å². The lowest BCUT2D eigenvalue weighted by atomic mass is 10.1. The maximum Gasteiger partial charge on any atom is 0.259 e. The van der Waals surface area contributed by atoms with Crippen molar-refractivity contribution in [1.82, 2.24) is 29.5 Å². The first kappa shape index (κ1) is 16.6. The van der Waals surface area contributed by atoms with Crippen LogP contribution in [-0.4, -0.2) is 29.5 Å². The molecule has 0 N–H and O–H groups in total. The van der Waals surface area contributed by atoms with E-state index >= 15 is 0 Å². The highest BCUT2D eigenvalue weighted by molar-refractivity contribution is 5.94. The van der Waals surface area contributed by atoms with E-state index in [4.69, 9.17) is 13.9 Å². The molecule has 144 valence electrons. The van der Waals surface area contributed by atoms with Gasteiger partial charge in [0, 0.05) is 17.8 Å². The molecule has 0 aliphatic heterocycles. The van der Waals surface area contributed by atoms with Gasteiger partial charge < -0.3 is 8.94 Å². The zero-order chi connectivity index (χ0) is 20.1. The summed E-state index contributed by atoms with van der Waals surface area (Å²) in [7, 11) is 0. The summed E-state index contributed by atoms with van der Waals surface area (Å²) in [5, 5.41) is 5.11. The molecule has 0 aliphatic carbocycles. The lowest BCUT2D eigenvalue weighted by Gasteiger charge is -2.05. The van der Waals surface area contributed by atoms with Gasteiger partial charge in [-0.2, -0.15) is 4.98 Å². The van der Waals surface area contributed by atoms with Crippen molar-refractivity contribution in [3.05, 3.63) is 73.0 Å². The highest BCUT2D eigenvalue weighted by Crippen LogP contribution is 2.32. The average Bonchev–Trinajstić information content (AvgIpc) is 3.52. The van der Waals surface area contributed by atoms with Crippen molar-refractivity contribution in [2.45, 2.75) is 6.92 Å². The van der Waals surface area contributed by atoms with E-state index in [-0.39, 0.29) is 0 Å². The summed E-state index contributed by atoms with van der Waals surface area (Å²) in [4.78, 5) is 17.8. The van der Waals surface area contributed by atoms with Crippen molar-refractivity contribution in [2.24, 2.45) is 0 Å². The zero-order valence-electron chi connectivity index (χ0n) is 15.9. The van der Waals surface area contributed by atoms with Crippen molar-refractivity contribution in [1.29, 1.82) is 0 Å². The Morgan fingerprint density at radius 2 is 1.93 bits per heavy atom. The Balaban J connectivity index is 1.53. The third-order valence-electron chi connectivity index (χ3n) is 4.91. The largest absolute Gasteiger partial charge is 0.460 e. The van der Waals surface area contributed by atoms with E-state index in [2.05, 4.69) is 20.1 Å². The monoisotopic (exact) mass is 394 g/mol. The summed E-state index contributed by atoms with van der Waals surface area (Å²) in [5.74, 6) is 2.36. The SMILES string of the molecule is Cc1ccc(-c2cc(-c3nc(-c4cnc5cnccn45)no3)c3ccccc3n2)o1. The van der Waals surface area contributed by atoms with Crippen LogP contribution < -0.4 is 0 Å². The minimum absolute atomic E-state index is 0.400. The number of furan rings is 1. The number of imidazole rings is 1. The molecule has 5 aromatic heterocycles. The fourth-order valence-corrected chi connectivity index (χ4v) is 3.50. The smallest absolute Gasteiger partial charge is 0.259 e. The first-order valence-corrected chi connectivity index (χ1v) is 9.34. The van der Waals surface area contributed by atoms with E-state index in [1.54, 1.807) is 18.6 Å². The van der Waals surface area contributed by atoms with Gasteiger partial charge in [-0.3, -0.25) is 9.38 Å². The van der Waals surface area contributed by atoms with Crippen LogP contribution in [0.25, 0.3) is 51.0 Å². The van der Waals surface area contributed by atoms with E-state index in [0.29, 0.717) is 28.8 Å². The molecule has 5 heterocycles. The number of nitrogens with zero attached hydrogens (tertiary/aromatic N) is 6. The molecule has 6 rings (SSSR count). The number of aromatic nitrogens is 6. The first-order chi connectivity index (χ1) is 14.8. The quantitative estimate of drug-likeness (QED) is 0.434. The number of rotatable bonds is 3. The molecule has 0 bridgehead atoms. The van der Waals surface area contributed by atoms with E-state index in [1.807, 2.05) is 60.0 Å². The predicted octanol–water partition coefficient (Wildman–Crippen LogP) is 4.56. The van der Waals surface area contributed by atoms with Gasteiger partial charge in [0.25, 0.3) is 5.89 Å². The van der Waals surface area contributed by atoms with Crippen molar-refractivity contribution < 1.29 is 8.94 Å². The molecule has 0 spiro atoms. The summed E-state index contributed by atoms with van der Waals surface area (Å²) in [5.41, 5.74) is 3.75. The summed E-state index contributed by atoms with van der Waals surface area (Å²) >= 11 is 0. The number of aryl methyl sites for hydroxylation is 1. The van der Waals surface area contributed by atoms with Crippen LogP contribution in [0.3, 0.4) is 0 Å². The van der Waals surface area contributed by atoms with Crippen molar-refractivity contribution in [3.8, 4) is 34.4 Å². The number of para-hydroxylation sites is 1. The summed E-state index contributed by atoms with van der Waals surface area (Å²) in [6.45, 7) is 1.90. The second-order valence-electron chi connectivity index (χ2n) is 6.85. The molecule has 0 saturated carbocycles. The average molecular weight is 394 g/mol. The van der Waals surface area contributed by atoms with Gasteiger partial charge in [-0.15, -0.1) is 0 Å². The fraction of sp³-hybridized carbons (Fsp3) is 0.0455. The van der Waals surface area contributed by atoms with E-state index < -0.39 is 0 Å². The maximum atomic E-state index is 5.77. The Labute approximate surface area is 169 Å². The Bertz CT molecular complexity index is 1530. The van der Waals surface area contributed by atoms with Crippen LogP contribution in [0.4, 0.5) is 0 Å². The van der Waals surface area contributed by atoms with Gasteiger partial charge in [-0.25, -0.2) is 9.97 Å². The second kappa shape index (κ2) is 6.35. The number of pyridine rings is 1. The topological polar surface area (TPSA) is 95.1 Å². The van der Waals surface area contributed by atoms with Gasteiger partial charge >= 0.3 is 0 Å². The molecular formula is C22H14N6O2. The molecule has 0 atom stereocenters. The van der Waals surface area contributed by atoms with E-state index in [9.17, 15) is 0 Å². The Kier molecular flexibility index (Phi) is 3.51. The lowest BCUT2D eigenvalue weighted by molar-refractivity contribution is 0.432. The minimum atomic E-state index is 0.400. The Morgan fingerprint density at radius 3 is 2.83 bits per heavy atom. The van der Waals surface area contributed by atoms with Gasteiger partial charge in [-0.1, -0.05) is 23.4 Å². The van der Waals surface area contributed by atoms with Gasteiger partial charge in [0.2, 0.25) is 5.82 Å². The predicted molar refractivity (Wildman–Crippen MR) is 109 cm³/mol. The van der Waals surface area contributed by atoms with Crippen LogP contribution in [0, 0.1) is 6.92 Å². The lowest BCUT2D eigenvalue weighted by Crippen LogP contribution is -1.91. The summed E-state index contributed by atoms with van der Waals surface area (Å²) < 4.78 is 13.3. The van der Waals surface area contributed by atoms with Crippen molar-refractivity contribution in [2.75, 3.05) is 0 Å². The molecular weight excluding hydrogens is 380 g/mol. The normalized spacial score (nSPS) is 11.5. The van der Waals surface area contributed by atoms with Crippen LogP contribution in [0.5, 0.6) is 0 Å². The van der Waals surface area contributed by atoms with Gasteiger partial charge in [0.1, 0.15) is 17.1 Å². The molecule has 0 unspecified atom stereocenters. The molecule has 0 amide bonds. The Hall–Kier alpha value is -4.33. The van der Waals surface area contributed by atoms with E-state index in [0.717, 1.165) is 27.9 Å². The molecule has 30 heavy (non-hydrogen) atoms. The molecule has 0 radical (unpaired) electrons. The van der Waals surface area contributed by atoms with Crippen molar-refractivity contribution in [3.63, 3.8) is 0 Å². The van der Waals surface area contributed by atoms with Gasteiger partial charge in [-0.05, 0) is 31.2 Å². The standard InChI is InChI=1S/C22H14N6O2/c1-13-6-7-19(29-13)17-10-15(14-4-2-3-5-16(14)25-17)22-26-21(27-30-22)18-11-24-20-12-23-8-9-28(18)20/h2-12H,1H3. The van der Waals surface area contributed by atoms with Crippen LogP contribution in [0.2, 0.25) is 0 Å². The fourth-order valence-electron chi connectivity index (χ4n) is 3.50. The number of hydrogen-bond acceptors (Lipinski definition) is 7. The number of fused-ring (bicyclic) bond motifs is 2. The molecule has 8 nitrogen and oxygen atoms in total. The van der Waals surface area contributed by atoms with Crippen molar-refractivity contribution >= 4 is 16.6 Å². The molecule has 0 saturated heterocycles. The minimum Gasteiger partial charge on any atom is -0.460 e. The van der Waals surface area contributed by atoms with Crippen LogP contribution in [0.15, 0.2) is 76.2 Å². The molecule has 6 aromatic rings. The summed E-state index contributed by atoms with van der Waals surface area (Å²) in [6.07, 6.45) is 6.88. The van der Waals surface area contributed by atoms with Gasteiger partial charge in [0.05, 0.1) is 23.5 Å². The Morgan fingerprint density at radius 1 is 1.00 bits per heavy atom. The van der Waals surface area contributed by atoms with Gasteiger partial charge in [0.15, 0.2) is 11.4 Å².